The lowest BCUT2D eigenvalue weighted by atomic mass is 10.2. The second-order valence-corrected chi connectivity index (χ2v) is 6.58. The molecular weight excluding hydrogens is 252 g/mol. The van der Waals surface area contributed by atoms with Crippen molar-refractivity contribution in [2.45, 2.75) is 31.1 Å². The Balaban J connectivity index is 2.59. The first-order valence-electron chi connectivity index (χ1n) is 5.71. The van der Waals surface area contributed by atoms with Crippen LogP contribution in [0.2, 0.25) is 0 Å². The van der Waals surface area contributed by atoms with E-state index in [1.807, 2.05) is 0 Å². The predicted molar refractivity (Wildman–Crippen MR) is 71.5 cm³/mol. The Kier molecular flexibility index (Phi) is 4.91. The van der Waals surface area contributed by atoms with Gasteiger partial charge in [0.1, 0.15) is 6.04 Å². The molecule has 1 unspecified atom stereocenters. The molecule has 0 spiro atoms. The van der Waals surface area contributed by atoms with Crippen LogP contribution in [0.3, 0.4) is 0 Å². The average Bonchev–Trinajstić information content (AvgIpc) is 2.26. The van der Waals surface area contributed by atoms with Crippen LogP contribution in [-0.4, -0.2) is 51.6 Å². The number of carboxylic acid groups (broad SMARTS) is 1. The van der Waals surface area contributed by atoms with Gasteiger partial charge in [-0.25, -0.2) is 9.59 Å². The molecule has 1 aliphatic heterocycles. The average molecular weight is 270 g/mol. The van der Waals surface area contributed by atoms with Gasteiger partial charge in [0.05, 0.1) is 0 Å². The maximum atomic E-state index is 11.9. The molecule has 2 N–H and O–H groups in total. The number of nitrogens with one attached hydrogen (secondary N) is 1. The molecule has 1 fully saturated rings. The third-order valence-corrected chi connectivity index (χ3v) is 3.93. The summed E-state index contributed by atoms with van der Waals surface area (Å²) in [6, 6.07) is -1.37. The van der Waals surface area contributed by atoms with Gasteiger partial charge in [-0.1, -0.05) is 0 Å². The first-order chi connectivity index (χ1) is 8.35. The van der Waals surface area contributed by atoms with Gasteiger partial charge in [0.25, 0.3) is 0 Å². The van der Waals surface area contributed by atoms with E-state index in [1.54, 1.807) is 16.7 Å². The van der Waals surface area contributed by atoms with Crippen molar-refractivity contribution in [2.75, 3.05) is 18.8 Å². The molecule has 0 saturated carbocycles. The summed E-state index contributed by atoms with van der Waals surface area (Å²) >= 11 is 1.81. The zero-order valence-corrected chi connectivity index (χ0v) is 11.4. The number of aliphatic carboxylic acids is 1. The maximum absolute atomic E-state index is 11.9. The second-order valence-electron chi connectivity index (χ2n) is 4.78. The van der Waals surface area contributed by atoms with Crippen LogP contribution in [0, 0.1) is 12.3 Å². The van der Waals surface area contributed by atoms with E-state index in [0.29, 0.717) is 13.1 Å². The van der Waals surface area contributed by atoms with E-state index in [9.17, 15) is 9.59 Å². The van der Waals surface area contributed by atoms with Crippen molar-refractivity contribution in [2.24, 2.45) is 0 Å². The van der Waals surface area contributed by atoms with Gasteiger partial charge in [0, 0.05) is 30.0 Å². The Morgan fingerprint density at radius 3 is 2.78 bits per heavy atom. The van der Waals surface area contributed by atoms with E-state index in [2.05, 4.69) is 25.1 Å². The van der Waals surface area contributed by atoms with Crippen molar-refractivity contribution in [1.29, 1.82) is 0 Å². The maximum Gasteiger partial charge on any atom is 0.327 e. The summed E-state index contributed by atoms with van der Waals surface area (Å²) < 4.78 is 0.000424. The zero-order valence-electron chi connectivity index (χ0n) is 10.6. The Labute approximate surface area is 111 Å². The van der Waals surface area contributed by atoms with Gasteiger partial charge in [0.2, 0.25) is 0 Å². The van der Waals surface area contributed by atoms with Crippen molar-refractivity contribution in [3.05, 3.63) is 0 Å². The molecule has 1 atom stereocenters. The van der Waals surface area contributed by atoms with E-state index in [-0.39, 0.29) is 17.2 Å². The van der Waals surface area contributed by atoms with Crippen LogP contribution in [0.1, 0.15) is 20.3 Å². The minimum Gasteiger partial charge on any atom is -0.480 e. The Hall–Kier alpha value is -1.35. The summed E-state index contributed by atoms with van der Waals surface area (Å²) in [6.45, 7) is 5.36. The number of nitrogens with zero attached hydrogens (tertiary/aromatic N) is 1. The monoisotopic (exact) mass is 270 g/mol. The molecule has 0 radical (unpaired) electrons. The number of carboxylic acids is 1. The first-order valence-corrected chi connectivity index (χ1v) is 6.70. The standard InChI is InChI=1S/C12H18N2O3S/c1-4-5-9(10(15)16)13-11(17)14-6-7-18-12(2,3)8-14/h1,9H,5-8H2,2-3H3,(H,13,17)(H,15,16). The molecule has 0 aromatic carbocycles. The molecule has 0 aromatic heterocycles. The Bertz CT molecular complexity index is 376. The molecule has 6 heteroatoms. The van der Waals surface area contributed by atoms with Crippen LogP contribution >= 0.6 is 11.8 Å². The molecule has 18 heavy (non-hydrogen) atoms. The van der Waals surface area contributed by atoms with Crippen LogP contribution in [0.5, 0.6) is 0 Å². The fourth-order valence-electron chi connectivity index (χ4n) is 1.75. The van der Waals surface area contributed by atoms with Crippen LogP contribution in [0.4, 0.5) is 4.79 Å². The van der Waals surface area contributed by atoms with Crippen molar-refractivity contribution in [1.82, 2.24) is 10.2 Å². The quantitative estimate of drug-likeness (QED) is 0.751. The van der Waals surface area contributed by atoms with Gasteiger partial charge in [-0.15, -0.1) is 12.3 Å². The topological polar surface area (TPSA) is 69.6 Å². The fourth-order valence-corrected chi connectivity index (χ4v) is 2.86. The van der Waals surface area contributed by atoms with Gasteiger partial charge < -0.3 is 15.3 Å². The largest absolute Gasteiger partial charge is 0.480 e. The number of carbonyl (C=O) groups is 2. The Morgan fingerprint density at radius 1 is 1.61 bits per heavy atom. The molecule has 1 aliphatic rings. The smallest absolute Gasteiger partial charge is 0.327 e. The van der Waals surface area contributed by atoms with Gasteiger partial charge in [0.15, 0.2) is 0 Å². The number of hydrogen-bond donors (Lipinski definition) is 2. The van der Waals surface area contributed by atoms with Crippen LogP contribution < -0.4 is 5.32 Å². The van der Waals surface area contributed by atoms with Gasteiger partial charge in [-0.2, -0.15) is 11.8 Å². The molecule has 1 rings (SSSR count). The number of rotatable bonds is 3. The van der Waals surface area contributed by atoms with E-state index in [1.165, 1.54) is 0 Å². The highest BCUT2D eigenvalue weighted by Crippen LogP contribution is 2.29. The van der Waals surface area contributed by atoms with E-state index in [4.69, 9.17) is 11.5 Å². The van der Waals surface area contributed by atoms with E-state index < -0.39 is 12.0 Å². The lowest BCUT2D eigenvalue weighted by Crippen LogP contribution is -2.53. The predicted octanol–water partition coefficient (Wildman–Crippen LogP) is 1.000. The lowest BCUT2D eigenvalue weighted by Gasteiger charge is -2.37. The summed E-state index contributed by atoms with van der Waals surface area (Å²) in [5.41, 5.74) is 0. The first kappa shape index (κ1) is 14.7. The van der Waals surface area contributed by atoms with Crippen molar-refractivity contribution < 1.29 is 14.7 Å². The molecule has 2 amide bonds. The number of amides is 2. The molecule has 0 bridgehead atoms. The van der Waals surface area contributed by atoms with E-state index >= 15 is 0 Å². The summed E-state index contributed by atoms with van der Waals surface area (Å²) in [7, 11) is 0. The number of thioether (sulfide) groups is 1. The highest BCUT2D eigenvalue weighted by molar-refractivity contribution is 8.00. The molecule has 1 saturated heterocycles. The highest BCUT2D eigenvalue weighted by Gasteiger charge is 2.31. The van der Waals surface area contributed by atoms with Crippen LogP contribution in [-0.2, 0) is 4.79 Å². The number of terminal acetylenes is 1. The van der Waals surface area contributed by atoms with Gasteiger partial charge >= 0.3 is 12.0 Å². The fraction of sp³-hybridized carbons (Fsp3) is 0.667. The molecule has 100 valence electrons. The number of hydrogen-bond acceptors (Lipinski definition) is 3. The number of urea groups is 1. The van der Waals surface area contributed by atoms with E-state index in [0.717, 1.165) is 5.75 Å². The van der Waals surface area contributed by atoms with Gasteiger partial charge in [-0.3, -0.25) is 0 Å². The molecule has 5 nitrogen and oxygen atoms in total. The summed E-state index contributed by atoms with van der Waals surface area (Å²) in [6.07, 6.45) is 5.08. The molecular formula is C12H18N2O3S. The molecule has 1 heterocycles. The van der Waals surface area contributed by atoms with Crippen molar-refractivity contribution in [3.8, 4) is 12.3 Å². The second kappa shape index (κ2) is 6.01. The van der Waals surface area contributed by atoms with Crippen molar-refractivity contribution >= 4 is 23.8 Å². The van der Waals surface area contributed by atoms with Gasteiger partial charge in [-0.05, 0) is 13.8 Å². The summed E-state index contributed by atoms with van der Waals surface area (Å²) in [5.74, 6) is 2.01. The SMILES string of the molecule is C#CCC(NC(=O)N1CCSC(C)(C)C1)C(=O)O. The minimum atomic E-state index is -1.10. The lowest BCUT2D eigenvalue weighted by molar-refractivity contribution is -0.139. The van der Waals surface area contributed by atoms with Crippen molar-refractivity contribution in [3.63, 3.8) is 0 Å². The Morgan fingerprint density at radius 2 is 2.28 bits per heavy atom. The van der Waals surface area contributed by atoms with Crippen LogP contribution in [0.25, 0.3) is 0 Å². The highest BCUT2D eigenvalue weighted by atomic mass is 32.2. The minimum absolute atomic E-state index is 0.000424. The van der Waals surface area contributed by atoms with Crippen LogP contribution in [0.15, 0.2) is 0 Å². The normalized spacial score (nSPS) is 19.7. The molecule has 0 aromatic rings. The zero-order chi connectivity index (χ0) is 13.8. The third-order valence-electron chi connectivity index (χ3n) is 2.63. The molecule has 0 aliphatic carbocycles. The summed E-state index contributed by atoms with van der Waals surface area (Å²) in [5, 5.41) is 11.4. The third kappa shape index (κ3) is 4.15. The summed E-state index contributed by atoms with van der Waals surface area (Å²) in [4.78, 5) is 24.5. The number of carbonyl (C=O) groups excluding carboxylic acids is 1.